The van der Waals surface area contributed by atoms with Crippen LogP contribution in [0, 0.1) is 6.92 Å². The van der Waals surface area contributed by atoms with Gasteiger partial charge in [-0.2, -0.15) is 17.5 Å². The van der Waals surface area contributed by atoms with Crippen LogP contribution in [-0.2, 0) is 20.8 Å². The van der Waals surface area contributed by atoms with E-state index in [0.29, 0.717) is 5.92 Å². The molecule has 0 aliphatic heterocycles. The molecule has 0 aromatic heterocycles. The van der Waals surface area contributed by atoms with Gasteiger partial charge in [0, 0.05) is 0 Å². The van der Waals surface area contributed by atoms with Gasteiger partial charge in [0.1, 0.15) is 0 Å². The molecule has 1 unspecified atom stereocenters. The molecule has 0 spiro atoms. The van der Waals surface area contributed by atoms with Crippen LogP contribution in [0.5, 0.6) is 0 Å². The summed E-state index contributed by atoms with van der Waals surface area (Å²) in [5.74, 6) is 0.371. The third-order valence-electron chi connectivity index (χ3n) is 3.45. The Labute approximate surface area is 150 Å². The third kappa shape index (κ3) is 4.88. The van der Waals surface area contributed by atoms with Crippen molar-refractivity contribution in [3.05, 3.63) is 90.9 Å². The Morgan fingerprint density at radius 2 is 1.64 bits per heavy atom. The van der Waals surface area contributed by atoms with E-state index in [1.54, 1.807) is 0 Å². The molecule has 1 aliphatic rings. The molecule has 0 bridgehead atoms. The van der Waals surface area contributed by atoms with Gasteiger partial charge in [0.15, 0.2) is 0 Å². The molecule has 0 radical (unpaired) electrons. The van der Waals surface area contributed by atoms with Crippen LogP contribution in [-0.4, -0.2) is 0 Å². The molecule has 3 aromatic rings. The largest absolute Gasteiger partial charge is 0.168 e. The van der Waals surface area contributed by atoms with Crippen LogP contribution < -0.4 is 0 Å². The molecule has 0 fully saturated rings. The zero-order valence-electron chi connectivity index (χ0n) is 12.0. The molecule has 3 aromatic carbocycles. The molecule has 22 heavy (non-hydrogen) atoms. The van der Waals surface area contributed by atoms with Gasteiger partial charge in [-0.05, 0) is 5.56 Å². The normalized spacial score (nSPS) is 14.2. The number of benzene rings is 2. The van der Waals surface area contributed by atoms with Crippen LogP contribution in [0.15, 0.2) is 72.8 Å². The summed E-state index contributed by atoms with van der Waals surface area (Å²) < 4.78 is 0. The molecule has 1 atom stereocenters. The first-order valence-electron chi connectivity index (χ1n) is 6.93. The quantitative estimate of drug-likeness (QED) is 0.371. The molecule has 0 amide bonds. The van der Waals surface area contributed by atoms with Crippen molar-refractivity contribution in [1.82, 2.24) is 0 Å². The molecule has 0 N–H and O–H groups in total. The molecule has 3 heteroatoms. The molecule has 0 saturated heterocycles. The van der Waals surface area contributed by atoms with Crippen LogP contribution in [0.1, 0.15) is 17.0 Å². The van der Waals surface area contributed by atoms with Gasteiger partial charge in [-0.3, -0.25) is 0 Å². The summed E-state index contributed by atoms with van der Waals surface area (Å²) in [5, 5.41) is 2.66. The fourth-order valence-electron chi connectivity index (χ4n) is 2.39. The van der Waals surface area contributed by atoms with E-state index in [0.717, 1.165) is 0 Å². The van der Waals surface area contributed by atoms with Gasteiger partial charge >= 0.3 is 37.9 Å². The van der Waals surface area contributed by atoms with Crippen molar-refractivity contribution >= 4 is 33.9 Å². The van der Waals surface area contributed by atoms with E-state index in [1.165, 1.54) is 21.9 Å². The second-order valence-corrected chi connectivity index (χ2v) is 8.55. The minimum atomic E-state index is -0.826. The predicted octanol–water partition coefficient (Wildman–Crippen LogP) is 6.57. The minimum Gasteiger partial charge on any atom is -0.168 e. The third-order valence-corrected chi connectivity index (χ3v) is 3.45. The average molecular weight is 406 g/mol. The molecule has 0 heterocycles. The van der Waals surface area contributed by atoms with Gasteiger partial charge in [0.2, 0.25) is 0 Å². The summed E-state index contributed by atoms with van der Waals surface area (Å²) >= 11 is -0.826. The van der Waals surface area contributed by atoms with Crippen LogP contribution >= 0.6 is 17.0 Å². The standard InChI is InChI=1S/C10H9.C9H7.2ClH.Zr/c1-8-6-7-9-4-2-3-5-10(8)9;1-2-5-9-7-3-6-8(9)4-1;;;/h2-8H,1H2;1-7H;2*1H;/q2*-1;;;+4/p-2. The van der Waals surface area contributed by atoms with Crippen LogP contribution in [0.4, 0.5) is 0 Å². The van der Waals surface area contributed by atoms with E-state index < -0.39 is 20.8 Å². The van der Waals surface area contributed by atoms with Gasteiger partial charge in [-0.1, -0.05) is 42.0 Å². The zero-order valence-corrected chi connectivity index (χ0v) is 16.0. The van der Waals surface area contributed by atoms with E-state index in [2.05, 4.69) is 85.8 Å². The fourth-order valence-corrected chi connectivity index (χ4v) is 2.39. The molecular weight excluding hydrogens is 390 g/mol. The van der Waals surface area contributed by atoms with Crippen molar-refractivity contribution in [3.8, 4) is 0 Å². The molecule has 4 rings (SSSR count). The first-order chi connectivity index (χ1) is 10.8. The zero-order chi connectivity index (χ0) is 15.8. The topological polar surface area (TPSA) is 0 Å². The van der Waals surface area contributed by atoms with E-state index >= 15 is 0 Å². The van der Waals surface area contributed by atoms with Crippen molar-refractivity contribution in [2.45, 2.75) is 5.92 Å². The van der Waals surface area contributed by atoms with Crippen LogP contribution in [0.3, 0.4) is 0 Å². The first-order valence-corrected chi connectivity index (χ1v) is 13.3. The van der Waals surface area contributed by atoms with E-state index in [9.17, 15) is 0 Å². The maximum atomic E-state index is 4.93. The molecule has 0 saturated carbocycles. The van der Waals surface area contributed by atoms with Crippen LogP contribution in [0.25, 0.3) is 16.8 Å². The van der Waals surface area contributed by atoms with Gasteiger partial charge in [0.05, 0.1) is 0 Å². The number of rotatable bonds is 0. The minimum absolute atomic E-state index is 0.371. The Hall–Kier alpha value is -0.747. The maximum absolute atomic E-state index is 4.93. The molecule has 0 nitrogen and oxygen atoms in total. The summed E-state index contributed by atoms with van der Waals surface area (Å²) in [5.41, 5.74) is 2.67. The summed E-state index contributed by atoms with van der Waals surface area (Å²) in [6, 6.07) is 23.0. The van der Waals surface area contributed by atoms with Crippen molar-refractivity contribution in [3.63, 3.8) is 0 Å². The summed E-state index contributed by atoms with van der Waals surface area (Å²) in [7, 11) is 9.87. The molecular formula is C19H16Cl2Zr. The van der Waals surface area contributed by atoms with E-state index in [4.69, 9.17) is 17.0 Å². The van der Waals surface area contributed by atoms with E-state index in [-0.39, 0.29) is 0 Å². The monoisotopic (exact) mass is 404 g/mol. The Balaban J connectivity index is 0.000000137. The number of allylic oxidation sites excluding steroid dienone is 1. The second kappa shape index (κ2) is 9.41. The van der Waals surface area contributed by atoms with Crippen molar-refractivity contribution in [1.29, 1.82) is 0 Å². The summed E-state index contributed by atoms with van der Waals surface area (Å²) in [4.78, 5) is 0. The van der Waals surface area contributed by atoms with Gasteiger partial charge in [-0.25, -0.2) is 0 Å². The Kier molecular flexibility index (Phi) is 7.53. The number of halogens is 2. The first kappa shape index (κ1) is 17.6. The van der Waals surface area contributed by atoms with Crippen molar-refractivity contribution in [2.24, 2.45) is 0 Å². The second-order valence-electron chi connectivity index (χ2n) is 4.82. The Morgan fingerprint density at radius 1 is 0.955 bits per heavy atom. The van der Waals surface area contributed by atoms with Gasteiger partial charge in [0.25, 0.3) is 0 Å². The maximum Gasteiger partial charge on any atom is -0.0809 e. The summed E-state index contributed by atoms with van der Waals surface area (Å²) in [6.07, 6.45) is 4.26. The number of hydrogen-bond acceptors (Lipinski definition) is 0. The van der Waals surface area contributed by atoms with Gasteiger partial charge < -0.3 is 6.92 Å². The molecule has 1 aliphatic carbocycles. The van der Waals surface area contributed by atoms with Crippen molar-refractivity contribution in [2.75, 3.05) is 0 Å². The fraction of sp³-hybridized carbons (Fsp3) is 0.0526. The number of fused-ring (bicyclic) bond motifs is 2. The SMILES string of the molecule is [CH2-]C1C=Cc2ccccc21.[Cl][Zr+2][Cl].c1ccc2[cH-]ccc2c1. The Morgan fingerprint density at radius 3 is 2.36 bits per heavy atom. The average Bonchev–Trinajstić information content (AvgIpc) is 3.16. The smallest absolute Gasteiger partial charge is 0.0809 e. The molecule has 110 valence electrons. The Bertz CT molecular complexity index is 701. The van der Waals surface area contributed by atoms with Crippen LogP contribution in [0.2, 0.25) is 0 Å². The summed E-state index contributed by atoms with van der Waals surface area (Å²) in [6.45, 7) is 3.99. The van der Waals surface area contributed by atoms with Crippen molar-refractivity contribution < 1.29 is 20.8 Å². The predicted molar refractivity (Wildman–Crippen MR) is 94.8 cm³/mol. The number of hydrogen-bond donors (Lipinski definition) is 0. The van der Waals surface area contributed by atoms with Gasteiger partial charge in [-0.15, -0.1) is 41.6 Å². The van der Waals surface area contributed by atoms with E-state index in [1.807, 2.05) is 0 Å².